The molecule has 0 saturated heterocycles. The number of methoxy groups -OCH3 is 1. The number of amides is 1. The summed E-state index contributed by atoms with van der Waals surface area (Å²) in [6.07, 6.45) is 1.10. The van der Waals surface area contributed by atoms with Gasteiger partial charge in [0.1, 0.15) is 13.3 Å². The van der Waals surface area contributed by atoms with Crippen LogP contribution in [-0.4, -0.2) is 47.3 Å². The Labute approximate surface area is 112 Å². The number of carboxylic acids is 1. The first kappa shape index (κ1) is 15.3. The van der Waals surface area contributed by atoms with E-state index in [1.54, 1.807) is 0 Å². The Kier molecular flexibility index (Phi) is 5.35. The molecule has 10 nitrogen and oxygen atoms in total. The Balaban J connectivity index is 2.97. The summed E-state index contributed by atoms with van der Waals surface area (Å²) in [4.78, 5) is 35.8. The van der Waals surface area contributed by atoms with Crippen LogP contribution in [0.2, 0.25) is 0 Å². The van der Waals surface area contributed by atoms with Crippen molar-refractivity contribution < 1.29 is 24.4 Å². The number of nitro groups is 1. The number of aliphatic carboxylic acids is 1. The average molecular weight is 284 g/mol. The van der Waals surface area contributed by atoms with Gasteiger partial charge in [-0.1, -0.05) is 0 Å². The van der Waals surface area contributed by atoms with Crippen LogP contribution in [0, 0.1) is 10.1 Å². The monoisotopic (exact) mass is 284 g/mol. The molecule has 1 amide bonds. The Hall–Kier alpha value is -2.75. The van der Waals surface area contributed by atoms with E-state index in [0.717, 1.165) is 12.3 Å². The van der Waals surface area contributed by atoms with E-state index >= 15 is 0 Å². The molecule has 0 bridgehead atoms. The zero-order valence-corrected chi connectivity index (χ0v) is 10.5. The molecule has 0 spiro atoms. The van der Waals surface area contributed by atoms with E-state index in [4.69, 9.17) is 5.11 Å². The molecule has 1 heterocycles. The molecule has 0 aromatic carbocycles. The van der Waals surface area contributed by atoms with Crippen LogP contribution in [-0.2, 0) is 9.53 Å². The first-order valence-electron chi connectivity index (χ1n) is 5.33. The van der Waals surface area contributed by atoms with Gasteiger partial charge < -0.3 is 20.5 Å². The molecule has 0 aliphatic heterocycles. The maximum absolute atomic E-state index is 11.6. The SMILES string of the molecule is COCNC(=O)c1cnc(NCC(=O)O)c([N+](=O)[O-])c1. The quantitative estimate of drug-likeness (QED) is 0.355. The Morgan fingerprint density at radius 2 is 2.25 bits per heavy atom. The summed E-state index contributed by atoms with van der Waals surface area (Å²) in [5.74, 6) is -2.00. The minimum absolute atomic E-state index is 0.0328. The number of ether oxygens (including phenoxy) is 1. The molecule has 0 saturated carbocycles. The number of carbonyl (C=O) groups excluding carboxylic acids is 1. The molecule has 0 unspecified atom stereocenters. The first-order chi connectivity index (χ1) is 9.45. The van der Waals surface area contributed by atoms with Gasteiger partial charge in [0.25, 0.3) is 5.91 Å². The first-order valence-corrected chi connectivity index (χ1v) is 5.33. The summed E-state index contributed by atoms with van der Waals surface area (Å²) in [6.45, 7) is -0.575. The van der Waals surface area contributed by atoms with E-state index < -0.39 is 29.0 Å². The van der Waals surface area contributed by atoms with E-state index in [2.05, 4.69) is 20.4 Å². The number of anilines is 1. The third kappa shape index (κ3) is 4.17. The summed E-state index contributed by atoms with van der Waals surface area (Å²) < 4.78 is 4.64. The highest BCUT2D eigenvalue weighted by atomic mass is 16.6. The largest absolute Gasteiger partial charge is 0.480 e. The molecule has 20 heavy (non-hydrogen) atoms. The van der Waals surface area contributed by atoms with E-state index in [-0.39, 0.29) is 18.1 Å². The van der Waals surface area contributed by atoms with Crippen molar-refractivity contribution >= 4 is 23.4 Å². The summed E-state index contributed by atoms with van der Waals surface area (Å²) in [5, 5.41) is 24.0. The van der Waals surface area contributed by atoms with Gasteiger partial charge in [-0.3, -0.25) is 19.7 Å². The summed E-state index contributed by atoms with van der Waals surface area (Å²) in [5.41, 5.74) is -0.522. The molecule has 108 valence electrons. The van der Waals surface area contributed by atoms with Crippen LogP contribution in [0.3, 0.4) is 0 Å². The van der Waals surface area contributed by atoms with Crippen LogP contribution in [0.25, 0.3) is 0 Å². The van der Waals surface area contributed by atoms with Crippen molar-refractivity contribution in [2.24, 2.45) is 0 Å². The molecule has 10 heteroatoms. The summed E-state index contributed by atoms with van der Waals surface area (Å²) in [7, 11) is 1.37. The minimum Gasteiger partial charge on any atom is -0.480 e. The van der Waals surface area contributed by atoms with Gasteiger partial charge in [-0.25, -0.2) is 4.98 Å². The highest BCUT2D eigenvalue weighted by Gasteiger charge is 2.19. The second kappa shape index (κ2) is 6.99. The van der Waals surface area contributed by atoms with Crippen LogP contribution in [0.5, 0.6) is 0 Å². The smallest absolute Gasteiger partial charge is 0.322 e. The second-order valence-corrected chi connectivity index (χ2v) is 3.54. The molecule has 0 atom stereocenters. The van der Waals surface area contributed by atoms with E-state index in [1.165, 1.54) is 7.11 Å². The van der Waals surface area contributed by atoms with Crippen LogP contribution >= 0.6 is 0 Å². The molecule has 1 aromatic heterocycles. The third-order valence-corrected chi connectivity index (χ3v) is 2.11. The van der Waals surface area contributed by atoms with Gasteiger partial charge in [0, 0.05) is 19.4 Å². The molecule has 1 rings (SSSR count). The number of carboxylic acid groups (broad SMARTS) is 1. The van der Waals surface area contributed by atoms with Crippen LogP contribution < -0.4 is 10.6 Å². The number of rotatable bonds is 7. The van der Waals surface area contributed by atoms with Crippen molar-refractivity contribution in [2.75, 3.05) is 25.7 Å². The fraction of sp³-hybridized carbons (Fsp3) is 0.300. The minimum atomic E-state index is -1.19. The highest BCUT2D eigenvalue weighted by Crippen LogP contribution is 2.22. The van der Waals surface area contributed by atoms with E-state index in [1.807, 2.05) is 0 Å². The lowest BCUT2D eigenvalue weighted by molar-refractivity contribution is -0.384. The van der Waals surface area contributed by atoms with E-state index in [0.29, 0.717) is 0 Å². The van der Waals surface area contributed by atoms with E-state index in [9.17, 15) is 19.7 Å². The van der Waals surface area contributed by atoms with Crippen molar-refractivity contribution in [1.29, 1.82) is 0 Å². The standard InChI is InChI=1S/C10H12N4O6/c1-20-5-13-10(17)6-2-7(14(18)19)9(11-3-6)12-4-8(15)16/h2-3H,4-5H2,1H3,(H,11,12)(H,13,17)(H,15,16). The molecular weight excluding hydrogens is 272 g/mol. The lowest BCUT2D eigenvalue weighted by atomic mass is 10.2. The van der Waals surface area contributed by atoms with Gasteiger partial charge >= 0.3 is 11.7 Å². The van der Waals surface area contributed by atoms with Gasteiger partial charge in [-0.2, -0.15) is 0 Å². The zero-order valence-electron chi connectivity index (χ0n) is 10.5. The van der Waals surface area contributed by atoms with Crippen molar-refractivity contribution in [3.8, 4) is 0 Å². The second-order valence-electron chi connectivity index (χ2n) is 3.54. The normalized spacial score (nSPS) is 9.85. The van der Waals surface area contributed by atoms with Gasteiger partial charge in [0.15, 0.2) is 0 Å². The number of hydrogen-bond donors (Lipinski definition) is 3. The van der Waals surface area contributed by atoms with Gasteiger partial charge in [-0.15, -0.1) is 0 Å². The summed E-state index contributed by atoms with van der Waals surface area (Å²) in [6, 6.07) is 1.00. The van der Waals surface area contributed by atoms with Crippen molar-refractivity contribution in [2.45, 2.75) is 0 Å². The third-order valence-electron chi connectivity index (χ3n) is 2.11. The maximum Gasteiger partial charge on any atom is 0.322 e. The molecule has 0 fully saturated rings. The Morgan fingerprint density at radius 1 is 1.55 bits per heavy atom. The fourth-order valence-electron chi connectivity index (χ4n) is 1.25. The average Bonchev–Trinajstić information content (AvgIpc) is 2.42. The molecule has 1 aromatic rings. The lowest BCUT2D eigenvalue weighted by Gasteiger charge is -2.06. The van der Waals surface area contributed by atoms with Gasteiger partial charge in [0.05, 0.1) is 10.5 Å². The van der Waals surface area contributed by atoms with Crippen molar-refractivity contribution in [3.05, 3.63) is 27.9 Å². The maximum atomic E-state index is 11.6. The van der Waals surface area contributed by atoms with Gasteiger partial charge in [-0.05, 0) is 0 Å². The number of nitrogens with one attached hydrogen (secondary N) is 2. The molecule has 3 N–H and O–H groups in total. The molecule has 0 aliphatic carbocycles. The topological polar surface area (TPSA) is 144 Å². The zero-order chi connectivity index (χ0) is 15.1. The Bertz CT molecular complexity index is 532. The molecule has 0 radical (unpaired) electrons. The lowest BCUT2D eigenvalue weighted by Crippen LogP contribution is -2.25. The number of pyridine rings is 1. The van der Waals surface area contributed by atoms with Gasteiger partial charge in [0.2, 0.25) is 5.82 Å². The van der Waals surface area contributed by atoms with Crippen molar-refractivity contribution in [3.63, 3.8) is 0 Å². The number of aromatic nitrogens is 1. The number of hydrogen-bond acceptors (Lipinski definition) is 7. The summed E-state index contributed by atoms with van der Waals surface area (Å²) >= 11 is 0. The predicted molar refractivity (Wildman–Crippen MR) is 66.4 cm³/mol. The molecule has 0 aliphatic rings. The van der Waals surface area contributed by atoms with Crippen LogP contribution in [0.15, 0.2) is 12.3 Å². The number of carbonyl (C=O) groups is 2. The van der Waals surface area contributed by atoms with Crippen LogP contribution in [0.4, 0.5) is 11.5 Å². The highest BCUT2D eigenvalue weighted by molar-refractivity contribution is 5.95. The number of nitrogens with zero attached hydrogens (tertiary/aromatic N) is 2. The predicted octanol–water partition coefficient (Wildman–Crippen LogP) is -0.180. The fourth-order valence-corrected chi connectivity index (χ4v) is 1.25. The van der Waals surface area contributed by atoms with Crippen LogP contribution in [0.1, 0.15) is 10.4 Å². The Morgan fingerprint density at radius 3 is 2.80 bits per heavy atom. The van der Waals surface area contributed by atoms with Crippen molar-refractivity contribution in [1.82, 2.24) is 10.3 Å². The molecular formula is C10H12N4O6.